The van der Waals surface area contributed by atoms with E-state index < -0.39 is 0 Å². The van der Waals surface area contributed by atoms with Crippen LogP contribution in [0.1, 0.15) is 33.1 Å². The summed E-state index contributed by atoms with van der Waals surface area (Å²) in [6.07, 6.45) is 12.1. The van der Waals surface area contributed by atoms with Crippen LogP contribution in [0.15, 0.2) is 47.6 Å². The van der Waals surface area contributed by atoms with Crippen molar-refractivity contribution in [2.45, 2.75) is 33.1 Å². The largest absolute Gasteiger partial charge is 0.0912 e. The molecule has 0 aliphatic heterocycles. The van der Waals surface area contributed by atoms with E-state index in [1.807, 2.05) is 13.0 Å². The normalized spacial score (nSPS) is 17.1. The Morgan fingerprint density at radius 2 is 2.38 bits per heavy atom. The van der Waals surface area contributed by atoms with Crippen molar-refractivity contribution in [3.05, 3.63) is 47.6 Å². The lowest BCUT2D eigenvalue weighted by molar-refractivity contribution is 0.880. The Balaban J connectivity index is 2.91. The molecule has 0 heteroatoms. The Hall–Kier alpha value is -1.04. The van der Waals surface area contributed by atoms with Crippen LogP contribution in [0.5, 0.6) is 0 Å². The third-order valence-electron chi connectivity index (χ3n) is 2.42. The van der Waals surface area contributed by atoms with Gasteiger partial charge < -0.3 is 0 Å². The van der Waals surface area contributed by atoms with E-state index in [1.54, 1.807) is 5.57 Å². The first-order chi connectivity index (χ1) is 6.29. The van der Waals surface area contributed by atoms with Crippen LogP contribution in [0.3, 0.4) is 0 Å². The van der Waals surface area contributed by atoms with Crippen LogP contribution >= 0.6 is 0 Å². The highest BCUT2D eigenvalue weighted by Gasteiger charge is 2.07. The molecule has 0 radical (unpaired) electrons. The lowest BCUT2D eigenvalue weighted by atomic mass is 9.91. The van der Waals surface area contributed by atoms with Crippen LogP contribution < -0.4 is 0 Å². The van der Waals surface area contributed by atoms with Crippen molar-refractivity contribution in [3.8, 4) is 0 Å². The second kappa shape index (κ2) is 4.86. The van der Waals surface area contributed by atoms with Crippen molar-refractivity contribution < 1.29 is 0 Å². The van der Waals surface area contributed by atoms with E-state index in [4.69, 9.17) is 0 Å². The van der Waals surface area contributed by atoms with Crippen LogP contribution in [-0.2, 0) is 0 Å². The second-order valence-electron chi connectivity index (χ2n) is 3.34. The van der Waals surface area contributed by atoms with Crippen LogP contribution in [0.4, 0.5) is 0 Å². The summed E-state index contributed by atoms with van der Waals surface area (Å²) in [7, 11) is 0. The highest BCUT2D eigenvalue weighted by molar-refractivity contribution is 5.48. The molecular formula is C13H18. The first-order valence-corrected chi connectivity index (χ1v) is 5.00. The van der Waals surface area contributed by atoms with Gasteiger partial charge in [0.2, 0.25) is 0 Å². The molecule has 0 aromatic heterocycles. The van der Waals surface area contributed by atoms with E-state index in [0.29, 0.717) is 0 Å². The molecule has 1 aliphatic rings. The van der Waals surface area contributed by atoms with Gasteiger partial charge in [-0.3, -0.25) is 0 Å². The van der Waals surface area contributed by atoms with E-state index in [0.717, 1.165) is 12.0 Å². The highest BCUT2D eigenvalue weighted by atomic mass is 14.1. The van der Waals surface area contributed by atoms with Crippen LogP contribution in [0, 0.1) is 0 Å². The molecule has 0 aromatic carbocycles. The van der Waals surface area contributed by atoms with Gasteiger partial charge in [-0.2, -0.15) is 0 Å². The summed E-state index contributed by atoms with van der Waals surface area (Å²) in [5.41, 5.74) is 4.05. The minimum absolute atomic E-state index is 1.15. The molecule has 0 spiro atoms. The number of rotatable bonds is 3. The fourth-order valence-electron chi connectivity index (χ4n) is 1.70. The topological polar surface area (TPSA) is 0 Å². The summed E-state index contributed by atoms with van der Waals surface area (Å²) < 4.78 is 0. The fraction of sp³-hybridized carbons (Fsp3) is 0.385. The predicted octanol–water partition coefficient (Wildman–Crippen LogP) is 4.18. The highest BCUT2D eigenvalue weighted by Crippen LogP contribution is 2.26. The maximum Gasteiger partial charge on any atom is -0.0201 e. The van der Waals surface area contributed by atoms with Crippen LogP contribution in [-0.4, -0.2) is 0 Å². The Morgan fingerprint density at radius 1 is 1.62 bits per heavy atom. The number of allylic oxidation sites excluding steroid dienone is 7. The summed E-state index contributed by atoms with van der Waals surface area (Å²) in [6.45, 7) is 8.32. The third kappa shape index (κ3) is 2.45. The Kier molecular flexibility index (Phi) is 3.75. The molecule has 0 unspecified atom stereocenters. The van der Waals surface area contributed by atoms with Gasteiger partial charge >= 0.3 is 0 Å². The van der Waals surface area contributed by atoms with Crippen molar-refractivity contribution >= 4 is 0 Å². The maximum atomic E-state index is 4.07. The summed E-state index contributed by atoms with van der Waals surface area (Å²) >= 11 is 0. The molecule has 0 heterocycles. The lowest BCUT2D eigenvalue weighted by Crippen LogP contribution is -1.95. The van der Waals surface area contributed by atoms with Gasteiger partial charge in [0, 0.05) is 0 Å². The van der Waals surface area contributed by atoms with Gasteiger partial charge in [-0.05, 0) is 37.3 Å². The van der Waals surface area contributed by atoms with Gasteiger partial charge in [-0.25, -0.2) is 0 Å². The molecule has 70 valence electrons. The molecule has 13 heavy (non-hydrogen) atoms. The first-order valence-electron chi connectivity index (χ1n) is 5.00. The van der Waals surface area contributed by atoms with E-state index in [2.05, 4.69) is 31.7 Å². The SMILES string of the molecule is C=C(/C=C\C)C1=C(CC)CCC=C1. The summed E-state index contributed by atoms with van der Waals surface area (Å²) in [6, 6.07) is 0. The van der Waals surface area contributed by atoms with Crippen molar-refractivity contribution in [2.24, 2.45) is 0 Å². The van der Waals surface area contributed by atoms with Crippen molar-refractivity contribution in [2.75, 3.05) is 0 Å². The Bertz CT molecular complexity index is 274. The van der Waals surface area contributed by atoms with Crippen molar-refractivity contribution in [3.63, 3.8) is 0 Å². The first kappa shape index (κ1) is 10.0. The molecule has 0 bridgehead atoms. The molecule has 0 aromatic rings. The number of hydrogen-bond donors (Lipinski definition) is 0. The van der Waals surface area contributed by atoms with Gasteiger partial charge in [-0.15, -0.1) is 0 Å². The molecule has 0 saturated heterocycles. The van der Waals surface area contributed by atoms with E-state index in [9.17, 15) is 0 Å². The van der Waals surface area contributed by atoms with Crippen LogP contribution in [0.25, 0.3) is 0 Å². The minimum Gasteiger partial charge on any atom is -0.0912 e. The lowest BCUT2D eigenvalue weighted by Gasteiger charge is -2.14. The van der Waals surface area contributed by atoms with Crippen LogP contribution in [0.2, 0.25) is 0 Å². The smallest absolute Gasteiger partial charge is 0.0201 e. The summed E-state index contributed by atoms with van der Waals surface area (Å²) in [5.74, 6) is 0. The monoisotopic (exact) mass is 174 g/mol. The van der Waals surface area contributed by atoms with Gasteiger partial charge in [0.15, 0.2) is 0 Å². The number of hydrogen-bond acceptors (Lipinski definition) is 0. The van der Waals surface area contributed by atoms with Gasteiger partial charge in [0.05, 0.1) is 0 Å². The zero-order valence-corrected chi connectivity index (χ0v) is 8.64. The molecule has 0 nitrogen and oxygen atoms in total. The quantitative estimate of drug-likeness (QED) is 0.563. The summed E-state index contributed by atoms with van der Waals surface area (Å²) in [4.78, 5) is 0. The molecule has 0 N–H and O–H groups in total. The van der Waals surface area contributed by atoms with Gasteiger partial charge in [-0.1, -0.05) is 43.4 Å². The Morgan fingerprint density at radius 3 is 3.00 bits per heavy atom. The molecule has 0 atom stereocenters. The fourth-order valence-corrected chi connectivity index (χ4v) is 1.70. The van der Waals surface area contributed by atoms with E-state index >= 15 is 0 Å². The minimum atomic E-state index is 1.15. The molecule has 0 amide bonds. The standard InChI is InChI=1S/C13H18/c1-4-8-11(3)13-10-7-6-9-12(13)5-2/h4,7-8,10H,3,5-6,9H2,1-2H3/b8-4-. The van der Waals surface area contributed by atoms with Gasteiger partial charge in [0.1, 0.15) is 0 Å². The third-order valence-corrected chi connectivity index (χ3v) is 2.42. The zero-order valence-electron chi connectivity index (χ0n) is 8.64. The van der Waals surface area contributed by atoms with E-state index in [1.165, 1.54) is 18.4 Å². The predicted molar refractivity (Wildman–Crippen MR) is 59.6 cm³/mol. The van der Waals surface area contributed by atoms with Crippen molar-refractivity contribution in [1.82, 2.24) is 0 Å². The molecule has 1 rings (SSSR count). The second-order valence-corrected chi connectivity index (χ2v) is 3.34. The maximum absolute atomic E-state index is 4.07. The summed E-state index contributed by atoms with van der Waals surface area (Å²) in [5, 5.41) is 0. The zero-order chi connectivity index (χ0) is 9.68. The molecule has 0 fully saturated rings. The Labute approximate surface area is 81.4 Å². The average Bonchev–Trinajstić information content (AvgIpc) is 2.18. The van der Waals surface area contributed by atoms with Crippen molar-refractivity contribution in [1.29, 1.82) is 0 Å². The molecular weight excluding hydrogens is 156 g/mol. The molecule has 0 saturated carbocycles. The van der Waals surface area contributed by atoms with E-state index in [-0.39, 0.29) is 0 Å². The average molecular weight is 174 g/mol. The molecule has 1 aliphatic carbocycles. The van der Waals surface area contributed by atoms with Gasteiger partial charge in [0.25, 0.3) is 0 Å².